The molecule has 0 bridgehead atoms. The largest absolute Gasteiger partial charge is 0.435 e. The van der Waals surface area contributed by atoms with Crippen LogP contribution in [-0.4, -0.2) is 34.8 Å². The Labute approximate surface area is 147 Å². The van der Waals surface area contributed by atoms with Crippen molar-refractivity contribution in [3.63, 3.8) is 0 Å². The number of nitrogens with one attached hydrogen (secondary N) is 1. The summed E-state index contributed by atoms with van der Waals surface area (Å²) in [5.74, 6) is -0.632. The second-order valence-corrected chi connectivity index (χ2v) is 5.60. The van der Waals surface area contributed by atoms with Gasteiger partial charge in [0.15, 0.2) is 0 Å². The van der Waals surface area contributed by atoms with Crippen molar-refractivity contribution in [1.82, 2.24) is 15.3 Å². The normalized spacial score (nSPS) is 20.1. The number of rotatable bonds is 5. The first-order chi connectivity index (χ1) is 12.4. The van der Waals surface area contributed by atoms with Gasteiger partial charge in [-0.25, -0.2) is 4.79 Å². The van der Waals surface area contributed by atoms with Gasteiger partial charge in [0, 0.05) is 12.4 Å². The van der Waals surface area contributed by atoms with Crippen molar-refractivity contribution in [3.05, 3.63) is 59.9 Å². The van der Waals surface area contributed by atoms with Gasteiger partial charge in [-0.15, -0.1) is 5.01 Å². The lowest BCUT2D eigenvalue weighted by Gasteiger charge is -2.21. The van der Waals surface area contributed by atoms with Gasteiger partial charge in [0.25, 0.3) is 5.91 Å². The number of urea groups is 1. The third kappa shape index (κ3) is 3.37. The molecule has 1 atom stereocenters. The third-order valence-corrected chi connectivity index (χ3v) is 3.85. The van der Waals surface area contributed by atoms with Crippen LogP contribution in [0.2, 0.25) is 0 Å². The number of aromatic nitrogens is 1. The van der Waals surface area contributed by atoms with Gasteiger partial charge in [0.2, 0.25) is 0 Å². The van der Waals surface area contributed by atoms with Gasteiger partial charge >= 0.3 is 12.6 Å². The number of ether oxygens (including phenoxy) is 1. The van der Waals surface area contributed by atoms with E-state index in [4.69, 9.17) is 0 Å². The van der Waals surface area contributed by atoms with E-state index in [2.05, 4.69) is 20.1 Å². The molecule has 3 amide bonds. The van der Waals surface area contributed by atoms with Crippen molar-refractivity contribution >= 4 is 18.2 Å². The van der Waals surface area contributed by atoms with Gasteiger partial charge in [0.1, 0.15) is 11.3 Å². The van der Waals surface area contributed by atoms with E-state index in [9.17, 15) is 18.4 Å². The third-order valence-electron chi connectivity index (χ3n) is 3.85. The molecule has 1 fully saturated rings. The Kier molecular flexibility index (Phi) is 4.61. The Balaban J connectivity index is 1.81. The van der Waals surface area contributed by atoms with Crippen molar-refractivity contribution in [2.45, 2.75) is 19.1 Å². The highest BCUT2D eigenvalue weighted by Crippen LogP contribution is 2.30. The molecule has 0 saturated carbocycles. The Bertz CT molecular complexity index is 843. The van der Waals surface area contributed by atoms with Crippen molar-refractivity contribution in [1.29, 1.82) is 0 Å². The number of carbonyl (C=O) groups is 2. The lowest BCUT2D eigenvalue weighted by molar-refractivity contribution is -0.131. The first-order valence-corrected chi connectivity index (χ1v) is 7.56. The fourth-order valence-electron chi connectivity index (χ4n) is 2.47. The van der Waals surface area contributed by atoms with E-state index < -0.39 is 24.1 Å². The molecule has 0 spiro atoms. The van der Waals surface area contributed by atoms with Crippen molar-refractivity contribution in [2.75, 3.05) is 0 Å². The van der Waals surface area contributed by atoms with Crippen LogP contribution in [0.4, 0.5) is 13.6 Å². The molecule has 0 aliphatic carbocycles. The van der Waals surface area contributed by atoms with E-state index in [1.165, 1.54) is 37.4 Å². The molecule has 3 rings (SSSR count). The molecule has 0 unspecified atom stereocenters. The summed E-state index contributed by atoms with van der Waals surface area (Å²) in [7, 11) is 0. The zero-order chi connectivity index (χ0) is 18.7. The molecule has 26 heavy (non-hydrogen) atoms. The molecule has 1 N–H and O–H groups in total. The molecule has 1 aromatic heterocycles. The zero-order valence-corrected chi connectivity index (χ0v) is 13.6. The molecule has 7 nitrogen and oxygen atoms in total. The van der Waals surface area contributed by atoms with E-state index in [0.29, 0.717) is 11.1 Å². The summed E-state index contributed by atoms with van der Waals surface area (Å²) in [6.07, 6.45) is 4.48. The summed E-state index contributed by atoms with van der Waals surface area (Å²) in [4.78, 5) is 28.7. The van der Waals surface area contributed by atoms with Crippen LogP contribution in [0.25, 0.3) is 0 Å². The van der Waals surface area contributed by atoms with Crippen LogP contribution < -0.4 is 10.1 Å². The highest BCUT2D eigenvalue weighted by atomic mass is 19.3. The number of alkyl halides is 2. The van der Waals surface area contributed by atoms with Gasteiger partial charge in [-0.2, -0.15) is 13.9 Å². The number of benzene rings is 1. The van der Waals surface area contributed by atoms with E-state index >= 15 is 0 Å². The van der Waals surface area contributed by atoms with Gasteiger partial charge in [-0.3, -0.25) is 9.78 Å². The Morgan fingerprint density at radius 1 is 1.19 bits per heavy atom. The molecular formula is C17H14F2N4O3. The van der Waals surface area contributed by atoms with Crippen LogP contribution >= 0.6 is 0 Å². The van der Waals surface area contributed by atoms with Crippen molar-refractivity contribution < 1.29 is 23.1 Å². The van der Waals surface area contributed by atoms with E-state index in [1.807, 2.05) is 0 Å². The topological polar surface area (TPSA) is 83.9 Å². The number of carbonyl (C=O) groups excluding carboxylic acids is 2. The number of hydrogen-bond donors (Lipinski definition) is 1. The molecule has 1 aromatic carbocycles. The van der Waals surface area contributed by atoms with Gasteiger partial charge in [-0.1, -0.05) is 12.1 Å². The first kappa shape index (κ1) is 17.5. The quantitative estimate of drug-likeness (QED) is 0.656. The Morgan fingerprint density at radius 3 is 2.46 bits per heavy atom. The maximum atomic E-state index is 12.7. The predicted molar refractivity (Wildman–Crippen MR) is 87.6 cm³/mol. The van der Waals surface area contributed by atoms with E-state index in [0.717, 1.165) is 5.01 Å². The van der Waals surface area contributed by atoms with Crippen molar-refractivity contribution in [3.8, 4) is 5.75 Å². The SMILES string of the molecule is C[C@@]1(c2ccc(OC(F)F)cc2)NC(=O)N(N=Cc2ccncc2)C1=O. The van der Waals surface area contributed by atoms with Crippen LogP contribution in [0.1, 0.15) is 18.1 Å². The average molecular weight is 360 g/mol. The second-order valence-electron chi connectivity index (χ2n) is 5.60. The molecule has 1 saturated heterocycles. The minimum atomic E-state index is -2.94. The number of amides is 3. The van der Waals surface area contributed by atoms with Crippen LogP contribution in [0.15, 0.2) is 53.9 Å². The number of imide groups is 1. The standard InChI is InChI=1S/C17H14F2N4O3/c1-17(12-2-4-13(5-3-12)26-15(18)19)14(24)23(16(25)22-17)21-10-11-6-8-20-9-7-11/h2-10,15H,1H3,(H,22,25)/t17-/m0/s1. The molecule has 2 aromatic rings. The molecule has 0 radical (unpaired) electrons. The summed E-state index contributed by atoms with van der Waals surface area (Å²) >= 11 is 0. The molecular weight excluding hydrogens is 346 g/mol. The second kappa shape index (κ2) is 6.87. The number of pyridine rings is 1. The fraction of sp³-hybridized carbons (Fsp3) is 0.176. The van der Waals surface area contributed by atoms with Gasteiger partial charge in [-0.05, 0) is 42.3 Å². The number of hydrazone groups is 1. The first-order valence-electron chi connectivity index (χ1n) is 7.56. The smallest absolute Gasteiger partial charge is 0.387 e. The average Bonchev–Trinajstić information content (AvgIpc) is 2.84. The van der Waals surface area contributed by atoms with Crippen molar-refractivity contribution in [2.24, 2.45) is 5.10 Å². The molecule has 1 aliphatic heterocycles. The van der Waals surface area contributed by atoms with Crippen LogP contribution in [0.3, 0.4) is 0 Å². The summed E-state index contributed by atoms with van der Waals surface area (Å²) in [5.41, 5.74) is -0.280. The van der Waals surface area contributed by atoms with Crippen LogP contribution in [0.5, 0.6) is 5.75 Å². The van der Waals surface area contributed by atoms with E-state index in [1.54, 1.807) is 24.5 Å². The Hall–Kier alpha value is -3.36. The maximum Gasteiger partial charge on any atom is 0.387 e. The number of halogens is 2. The minimum Gasteiger partial charge on any atom is -0.435 e. The highest BCUT2D eigenvalue weighted by Gasteiger charge is 2.49. The predicted octanol–water partition coefficient (Wildman–Crippen LogP) is 2.48. The summed E-state index contributed by atoms with van der Waals surface area (Å²) in [6, 6.07) is 8.13. The zero-order valence-electron chi connectivity index (χ0n) is 13.6. The number of nitrogens with zero attached hydrogens (tertiary/aromatic N) is 3. The fourth-order valence-corrected chi connectivity index (χ4v) is 2.47. The molecule has 9 heteroatoms. The van der Waals surface area contributed by atoms with E-state index in [-0.39, 0.29) is 5.75 Å². The summed E-state index contributed by atoms with van der Waals surface area (Å²) < 4.78 is 28.7. The summed E-state index contributed by atoms with van der Waals surface area (Å²) in [6.45, 7) is -1.43. The highest BCUT2D eigenvalue weighted by molar-refractivity contribution is 6.07. The molecule has 1 aliphatic rings. The molecule has 2 heterocycles. The lowest BCUT2D eigenvalue weighted by atomic mass is 9.92. The lowest BCUT2D eigenvalue weighted by Crippen LogP contribution is -2.40. The number of hydrogen-bond acceptors (Lipinski definition) is 5. The van der Waals surface area contributed by atoms with Crippen LogP contribution in [-0.2, 0) is 10.3 Å². The molecule has 134 valence electrons. The Morgan fingerprint density at radius 2 is 1.85 bits per heavy atom. The summed E-state index contributed by atoms with van der Waals surface area (Å²) in [5, 5.41) is 7.22. The minimum absolute atomic E-state index is 0.0447. The monoisotopic (exact) mass is 360 g/mol. The van der Waals surface area contributed by atoms with Crippen LogP contribution in [0, 0.1) is 0 Å². The van der Waals surface area contributed by atoms with Gasteiger partial charge in [0.05, 0.1) is 6.21 Å². The van der Waals surface area contributed by atoms with Gasteiger partial charge < -0.3 is 10.1 Å². The maximum absolute atomic E-state index is 12.7.